The topological polar surface area (TPSA) is 64.4 Å². The minimum atomic E-state index is -4.79. The van der Waals surface area contributed by atoms with Crippen LogP contribution in [0.25, 0.3) is 0 Å². The molecule has 1 aromatic carbocycles. The van der Waals surface area contributed by atoms with E-state index in [1.54, 1.807) is 0 Å². The number of alkyl halides is 3. The Labute approximate surface area is 123 Å². The molecule has 0 radical (unpaired) electrons. The Balaban J connectivity index is 2.24. The Morgan fingerprint density at radius 1 is 1.09 bits per heavy atom. The van der Waals surface area contributed by atoms with Crippen molar-refractivity contribution >= 4 is 0 Å². The SMILES string of the molecule is COc1cc(C#N)nc(Oc2cccc(OC(F)(F)F)c2)c1. The van der Waals surface area contributed by atoms with Crippen LogP contribution in [-0.4, -0.2) is 18.5 Å². The van der Waals surface area contributed by atoms with Crippen molar-refractivity contribution in [3.8, 4) is 29.2 Å². The summed E-state index contributed by atoms with van der Waals surface area (Å²) in [6.07, 6.45) is -4.79. The summed E-state index contributed by atoms with van der Waals surface area (Å²) in [7, 11) is 1.40. The number of aromatic nitrogens is 1. The van der Waals surface area contributed by atoms with Crippen molar-refractivity contribution in [1.82, 2.24) is 4.98 Å². The molecule has 5 nitrogen and oxygen atoms in total. The summed E-state index contributed by atoms with van der Waals surface area (Å²) < 4.78 is 50.6. The lowest BCUT2D eigenvalue weighted by atomic mass is 10.3. The highest BCUT2D eigenvalue weighted by Crippen LogP contribution is 2.29. The molecule has 0 aliphatic rings. The van der Waals surface area contributed by atoms with Crippen LogP contribution < -0.4 is 14.2 Å². The molecule has 0 aliphatic carbocycles. The summed E-state index contributed by atoms with van der Waals surface area (Å²) in [6, 6.07) is 9.58. The molecule has 22 heavy (non-hydrogen) atoms. The first-order chi connectivity index (χ1) is 10.4. The molecule has 0 saturated carbocycles. The van der Waals surface area contributed by atoms with Crippen molar-refractivity contribution in [3.63, 3.8) is 0 Å². The quantitative estimate of drug-likeness (QED) is 0.862. The molecule has 1 aromatic heterocycles. The van der Waals surface area contributed by atoms with Crippen LogP contribution in [0.5, 0.6) is 23.1 Å². The number of rotatable bonds is 4. The minimum Gasteiger partial charge on any atom is -0.496 e. The van der Waals surface area contributed by atoms with Gasteiger partial charge >= 0.3 is 6.36 Å². The molecule has 2 rings (SSSR count). The molecule has 0 atom stereocenters. The molecule has 8 heteroatoms. The lowest BCUT2D eigenvalue weighted by molar-refractivity contribution is -0.274. The van der Waals surface area contributed by atoms with E-state index in [2.05, 4.69) is 9.72 Å². The summed E-state index contributed by atoms with van der Waals surface area (Å²) >= 11 is 0. The first-order valence-corrected chi connectivity index (χ1v) is 5.89. The monoisotopic (exact) mass is 310 g/mol. The van der Waals surface area contributed by atoms with E-state index in [-0.39, 0.29) is 17.3 Å². The number of ether oxygens (including phenoxy) is 3. The van der Waals surface area contributed by atoms with Crippen LogP contribution in [0.2, 0.25) is 0 Å². The Kier molecular flexibility index (Phi) is 4.36. The third-order valence-corrected chi connectivity index (χ3v) is 2.39. The fourth-order valence-corrected chi connectivity index (χ4v) is 1.56. The van der Waals surface area contributed by atoms with Gasteiger partial charge in [-0.25, -0.2) is 4.98 Å². The third-order valence-electron chi connectivity index (χ3n) is 2.39. The van der Waals surface area contributed by atoms with Crippen molar-refractivity contribution in [2.75, 3.05) is 7.11 Å². The van der Waals surface area contributed by atoms with Crippen LogP contribution in [0, 0.1) is 11.3 Å². The highest BCUT2D eigenvalue weighted by atomic mass is 19.4. The lowest BCUT2D eigenvalue weighted by Gasteiger charge is -2.11. The van der Waals surface area contributed by atoms with Gasteiger partial charge in [0.15, 0.2) is 0 Å². The molecule has 0 saturated heterocycles. The maximum Gasteiger partial charge on any atom is 0.573 e. The largest absolute Gasteiger partial charge is 0.573 e. The average Bonchev–Trinajstić information content (AvgIpc) is 2.45. The lowest BCUT2D eigenvalue weighted by Crippen LogP contribution is -2.17. The summed E-state index contributed by atoms with van der Waals surface area (Å²) in [5, 5.41) is 8.85. The molecule has 0 aliphatic heterocycles. The van der Waals surface area contributed by atoms with Crippen molar-refractivity contribution < 1.29 is 27.4 Å². The van der Waals surface area contributed by atoms with Gasteiger partial charge in [0.2, 0.25) is 5.88 Å². The number of pyridine rings is 1. The van der Waals surface area contributed by atoms with Crippen LogP contribution in [0.1, 0.15) is 5.69 Å². The molecule has 0 amide bonds. The molecule has 0 spiro atoms. The van der Waals surface area contributed by atoms with E-state index in [1.165, 1.54) is 31.4 Å². The van der Waals surface area contributed by atoms with E-state index in [4.69, 9.17) is 14.7 Å². The van der Waals surface area contributed by atoms with E-state index in [0.717, 1.165) is 12.1 Å². The maximum atomic E-state index is 12.2. The van der Waals surface area contributed by atoms with E-state index >= 15 is 0 Å². The Hall–Kier alpha value is -2.95. The van der Waals surface area contributed by atoms with Crippen LogP contribution in [0.4, 0.5) is 13.2 Å². The van der Waals surface area contributed by atoms with Gasteiger partial charge in [0, 0.05) is 18.2 Å². The Morgan fingerprint density at radius 3 is 2.45 bits per heavy atom. The summed E-state index contributed by atoms with van der Waals surface area (Å²) in [5.41, 5.74) is 0.0528. The minimum absolute atomic E-state index is 0.0139. The third kappa shape index (κ3) is 4.28. The zero-order valence-corrected chi connectivity index (χ0v) is 11.2. The highest BCUT2D eigenvalue weighted by molar-refractivity contribution is 5.39. The van der Waals surface area contributed by atoms with Crippen LogP contribution in [-0.2, 0) is 0 Å². The van der Waals surface area contributed by atoms with Gasteiger partial charge in [-0.3, -0.25) is 0 Å². The predicted octanol–water partition coefficient (Wildman–Crippen LogP) is 3.65. The van der Waals surface area contributed by atoms with E-state index < -0.39 is 12.1 Å². The highest BCUT2D eigenvalue weighted by Gasteiger charge is 2.31. The summed E-state index contributed by atoms with van der Waals surface area (Å²) in [4.78, 5) is 3.87. The van der Waals surface area contributed by atoms with E-state index in [1.807, 2.05) is 6.07 Å². The molecular weight excluding hydrogens is 301 g/mol. The average molecular weight is 310 g/mol. The summed E-state index contributed by atoms with van der Waals surface area (Å²) in [5.74, 6) is 0.00380. The van der Waals surface area contributed by atoms with E-state index in [9.17, 15) is 13.2 Å². The van der Waals surface area contributed by atoms with Gasteiger partial charge in [0.05, 0.1) is 7.11 Å². The van der Waals surface area contributed by atoms with Gasteiger partial charge < -0.3 is 14.2 Å². The maximum absolute atomic E-state index is 12.2. The molecular formula is C14H9F3N2O3. The molecule has 2 aromatic rings. The Morgan fingerprint density at radius 2 is 1.82 bits per heavy atom. The second-order valence-corrected chi connectivity index (χ2v) is 3.97. The molecule has 0 N–H and O–H groups in total. The smallest absolute Gasteiger partial charge is 0.496 e. The van der Waals surface area contributed by atoms with Gasteiger partial charge in [0.1, 0.15) is 29.0 Å². The van der Waals surface area contributed by atoms with Crippen molar-refractivity contribution in [2.45, 2.75) is 6.36 Å². The fraction of sp³-hybridized carbons (Fsp3) is 0.143. The van der Waals surface area contributed by atoms with Crippen molar-refractivity contribution in [3.05, 3.63) is 42.1 Å². The number of hydrogen-bond donors (Lipinski definition) is 0. The molecule has 114 valence electrons. The fourth-order valence-electron chi connectivity index (χ4n) is 1.56. The zero-order chi connectivity index (χ0) is 16.2. The van der Waals surface area contributed by atoms with Crippen LogP contribution in [0.3, 0.4) is 0 Å². The number of halogens is 3. The van der Waals surface area contributed by atoms with Gasteiger partial charge in [-0.15, -0.1) is 13.2 Å². The van der Waals surface area contributed by atoms with Crippen LogP contribution in [0.15, 0.2) is 36.4 Å². The first-order valence-electron chi connectivity index (χ1n) is 5.89. The van der Waals surface area contributed by atoms with Gasteiger partial charge in [-0.2, -0.15) is 5.26 Å². The Bertz CT molecular complexity index is 711. The molecule has 1 heterocycles. The number of methoxy groups -OCH3 is 1. The van der Waals surface area contributed by atoms with E-state index in [0.29, 0.717) is 5.75 Å². The second kappa shape index (κ2) is 6.22. The van der Waals surface area contributed by atoms with Crippen LogP contribution >= 0.6 is 0 Å². The standard InChI is InChI=1S/C14H9F3N2O3/c1-20-12-5-9(8-18)19-13(7-12)21-10-3-2-4-11(6-10)22-14(15,16)17/h2-7H,1H3. The normalized spacial score (nSPS) is 10.7. The number of benzene rings is 1. The first kappa shape index (κ1) is 15.4. The second-order valence-electron chi connectivity index (χ2n) is 3.97. The van der Waals surface area contributed by atoms with Crippen molar-refractivity contribution in [1.29, 1.82) is 5.26 Å². The van der Waals surface area contributed by atoms with Gasteiger partial charge in [-0.05, 0) is 12.1 Å². The zero-order valence-electron chi connectivity index (χ0n) is 11.2. The van der Waals surface area contributed by atoms with Gasteiger partial charge in [0.25, 0.3) is 0 Å². The molecule has 0 fully saturated rings. The molecule has 0 unspecified atom stereocenters. The van der Waals surface area contributed by atoms with Crippen molar-refractivity contribution in [2.24, 2.45) is 0 Å². The van der Waals surface area contributed by atoms with Gasteiger partial charge in [-0.1, -0.05) is 6.07 Å². The number of hydrogen-bond acceptors (Lipinski definition) is 5. The number of nitrogens with zero attached hydrogens (tertiary/aromatic N) is 2. The molecule has 0 bridgehead atoms. The summed E-state index contributed by atoms with van der Waals surface area (Å²) in [6.45, 7) is 0. The predicted molar refractivity (Wildman–Crippen MR) is 68.7 cm³/mol. The number of nitriles is 1.